The molecule has 1 atom stereocenters. The van der Waals surface area contributed by atoms with Crippen LogP contribution in [0.15, 0.2) is 24.3 Å². The smallest absolute Gasteiger partial charge is 0.306 e. The van der Waals surface area contributed by atoms with Crippen molar-refractivity contribution in [3.63, 3.8) is 0 Å². The number of hydrogen-bond donors (Lipinski definition) is 1. The largest absolute Gasteiger partial charge is 0.462 e. The molecule has 5 heteroatoms. The Hall–Kier alpha value is -1.62. The number of allylic oxidation sites excluding steroid dienone is 4. The average Bonchev–Trinajstić information content (AvgIpc) is 3.25. The van der Waals surface area contributed by atoms with Gasteiger partial charge in [-0.3, -0.25) is 9.59 Å². The fourth-order valence-electron chi connectivity index (χ4n) is 8.14. The molecule has 1 unspecified atom stereocenters. The molecule has 0 heterocycles. The van der Waals surface area contributed by atoms with Gasteiger partial charge in [0, 0.05) is 12.8 Å². The van der Waals surface area contributed by atoms with Crippen LogP contribution in [0.5, 0.6) is 0 Å². The first-order valence-corrected chi connectivity index (χ1v) is 26.9. The van der Waals surface area contributed by atoms with Crippen molar-refractivity contribution in [2.24, 2.45) is 0 Å². The van der Waals surface area contributed by atoms with Gasteiger partial charge < -0.3 is 14.6 Å². The van der Waals surface area contributed by atoms with Gasteiger partial charge in [-0.25, -0.2) is 0 Å². The molecule has 0 saturated carbocycles. The SMILES string of the molecule is CCCCCC/C=C\CCCCCCCC(=O)OCC(CO)OC(=O)CCCCCCCCCCCCCCCCCCCCCCC/C=C\CCCCCCCCCC. The lowest BCUT2D eigenvalue weighted by Crippen LogP contribution is -2.28. The van der Waals surface area contributed by atoms with Crippen LogP contribution in [-0.4, -0.2) is 36.4 Å². The summed E-state index contributed by atoms with van der Waals surface area (Å²) in [4.78, 5) is 24.4. The van der Waals surface area contributed by atoms with E-state index in [1.165, 1.54) is 225 Å². The van der Waals surface area contributed by atoms with Gasteiger partial charge in [0.25, 0.3) is 0 Å². The number of carbonyl (C=O) groups is 2. The molecular weight excluding hydrogens is 741 g/mol. The lowest BCUT2D eigenvalue weighted by molar-refractivity contribution is -0.161. The Morgan fingerprint density at radius 2 is 0.617 bits per heavy atom. The normalized spacial score (nSPS) is 12.2. The Morgan fingerprint density at radius 1 is 0.367 bits per heavy atom. The maximum atomic E-state index is 12.3. The molecule has 0 aromatic rings. The Labute approximate surface area is 374 Å². The molecule has 5 nitrogen and oxygen atoms in total. The van der Waals surface area contributed by atoms with Crippen molar-refractivity contribution in [1.29, 1.82) is 0 Å². The second-order valence-electron chi connectivity index (χ2n) is 18.3. The van der Waals surface area contributed by atoms with Gasteiger partial charge in [0.15, 0.2) is 6.10 Å². The highest BCUT2D eigenvalue weighted by molar-refractivity contribution is 5.70. The second-order valence-corrected chi connectivity index (χ2v) is 18.3. The molecule has 0 spiro atoms. The van der Waals surface area contributed by atoms with Crippen LogP contribution in [0.1, 0.15) is 296 Å². The van der Waals surface area contributed by atoms with E-state index in [2.05, 4.69) is 38.2 Å². The van der Waals surface area contributed by atoms with Crippen LogP contribution in [0.2, 0.25) is 0 Å². The molecule has 0 amide bonds. The summed E-state index contributed by atoms with van der Waals surface area (Å²) in [5.41, 5.74) is 0. The molecule has 0 aromatic carbocycles. The molecular formula is C55H104O5. The summed E-state index contributed by atoms with van der Waals surface area (Å²) in [7, 11) is 0. The maximum absolute atomic E-state index is 12.3. The zero-order valence-corrected chi connectivity index (χ0v) is 40.5. The van der Waals surface area contributed by atoms with E-state index in [0.717, 1.165) is 44.9 Å². The van der Waals surface area contributed by atoms with Crippen molar-refractivity contribution in [1.82, 2.24) is 0 Å². The van der Waals surface area contributed by atoms with E-state index in [9.17, 15) is 14.7 Å². The molecule has 0 aromatic heterocycles. The van der Waals surface area contributed by atoms with Gasteiger partial charge in [-0.2, -0.15) is 0 Å². The minimum Gasteiger partial charge on any atom is -0.462 e. The zero-order chi connectivity index (χ0) is 43.5. The molecule has 0 radical (unpaired) electrons. The first-order valence-electron chi connectivity index (χ1n) is 26.9. The number of esters is 2. The lowest BCUT2D eigenvalue weighted by atomic mass is 10.0. The second kappa shape index (κ2) is 51.7. The minimum atomic E-state index is -0.770. The summed E-state index contributed by atoms with van der Waals surface area (Å²) in [5, 5.41) is 9.61. The number of aliphatic hydroxyl groups excluding tert-OH is 1. The highest BCUT2D eigenvalue weighted by atomic mass is 16.6. The molecule has 0 rings (SSSR count). The van der Waals surface area contributed by atoms with Crippen LogP contribution < -0.4 is 0 Å². The van der Waals surface area contributed by atoms with E-state index in [0.29, 0.717) is 12.8 Å². The number of carbonyl (C=O) groups excluding carboxylic acids is 2. The summed E-state index contributed by atoms with van der Waals surface area (Å²) in [6.45, 7) is 4.15. The fraction of sp³-hybridized carbons (Fsp3) is 0.891. The number of hydrogen-bond acceptors (Lipinski definition) is 5. The standard InChI is InChI=1S/C55H104O5/c1-3-5-7-9-11-13-15-17-18-19-20-21-22-23-24-25-26-27-28-29-30-31-32-33-34-35-36-38-40-42-44-46-48-50-55(58)60-53(51-56)52-59-54(57)49-47-45-43-41-39-37-16-14-12-10-8-6-4-2/h14,16,19-20,53,56H,3-13,15,17-18,21-52H2,1-2H3/b16-14-,20-19-. The van der Waals surface area contributed by atoms with E-state index < -0.39 is 6.10 Å². The molecule has 0 aliphatic rings. The van der Waals surface area contributed by atoms with E-state index in [1.54, 1.807) is 0 Å². The van der Waals surface area contributed by atoms with E-state index >= 15 is 0 Å². The van der Waals surface area contributed by atoms with Gasteiger partial charge in [-0.05, 0) is 64.2 Å². The van der Waals surface area contributed by atoms with Gasteiger partial charge in [0.2, 0.25) is 0 Å². The van der Waals surface area contributed by atoms with Crippen molar-refractivity contribution in [2.75, 3.05) is 13.2 Å². The van der Waals surface area contributed by atoms with Crippen LogP contribution in [0.4, 0.5) is 0 Å². The third-order valence-corrected chi connectivity index (χ3v) is 12.2. The third-order valence-electron chi connectivity index (χ3n) is 12.2. The highest BCUT2D eigenvalue weighted by Crippen LogP contribution is 2.17. The summed E-state index contributed by atoms with van der Waals surface area (Å²) < 4.78 is 10.7. The van der Waals surface area contributed by atoms with Crippen molar-refractivity contribution in [2.45, 2.75) is 302 Å². The first-order chi connectivity index (χ1) is 29.6. The maximum Gasteiger partial charge on any atom is 0.306 e. The van der Waals surface area contributed by atoms with Gasteiger partial charge >= 0.3 is 11.9 Å². The molecule has 0 fully saturated rings. The van der Waals surface area contributed by atoms with Crippen LogP contribution in [-0.2, 0) is 19.1 Å². The van der Waals surface area contributed by atoms with Gasteiger partial charge in [0.05, 0.1) is 6.61 Å². The number of unbranched alkanes of at least 4 members (excludes halogenated alkanes) is 38. The Morgan fingerprint density at radius 3 is 0.917 bits per heavy atom. The fourth-order valence-corrected chi connectivity index (χ4v) is 8.14. The van der Waals surface area contributed by atoms with Crippen LogP contribution in [0, 0.1) is 0 Å². The number of rotatable bonds is 50. The van der Waals surface area contributed by atoms with Crippen molar-refractivity contribution < 1.29 is 24.2 Å². The van der Waals surface area contributed by atoms with Crippen molar-refractivity contribution >= 4 is 11.9 Å². The summed E-state index contributed by atoms with van der Waals surface area (Å²) in [5.74, 6) is -0.587. The van der Waals surface area contributed by atoms with Gasteiger partial charge in [-0.15, -0.1) is 0 Å². The molecule has 60 heavy (non-hydrogen) atoms. The monoisotopic (exact) mass is 845 g/mol. The summed E-state index contributed by atoms with van der Waals surface area (Å²) in [6.07, 6.45) is 64.5. The predicted octanol–water partition coefficient (Wildman–Crippen LogP) is 17.8. The quantitative estimate of drug-likeness (QED) is 0.0375. The summed E-state index contributed by atoms with van der Waals surface area (Å²) in [6, 6.07) is 0. The van der Waals surface area contributed by atoms with Crippen LogP contribution >= 0.6 is 0 Å². The highest BCUT2D eigenvalue weighted by Gasteiger charge is 2.16. The van der Waals surface area contributed by atoms with Crippen LogP contribution in [0.3, 0.4) is 0 Å². The molecule has 354 valence electrons. The Kier molecular flexibility index (Phi) is 50.3. The van der Waals surface area contributed by atoms with E-state index in [1.807, 2.05) is 0 Å². The number of ether oxygens (including phenoxy) is 2. The third kappa shape index (κ3) is 49.0. The minimum absolute atomic E-state index is 0.0652. The summed E-state index contributed by atoms with van der Waals surface area (Å²) >= 11 is 0. The van der Waals surface area contributed by atoms with E-state index in [-0.39, 0.29) is 25.2 Å². The molecule has 0 aliphatic carbocycles. The molecule has 0 bridgehead atoms. The Bertz CT molecular complexity index is 913. The number of aliphatic hydroxyl groups is 1. The lowest BCUT2D eigenvalue weighted by Gasteiger charge is -2.15. The predicted molar refractivity (Wildman–Crippen MR) is 261 cm³/mol. The van der Waals surface area contributed by atoms with E-state index in [4.69, 9.17) is 9.47 Å². The molecule has 0 saturated heterocycles. The first kappa shape index (κ1) is 58.4. The van der Waals surface area contributed by atoms with Gasteiger partial charge in [-0.1, -0.05) is 244 Å². The van der Waals surface area contributed by atoms with Crippen molar-refractivity contribution in [3.8, 4) is 0 Å². The molecule has 1 N–H and O–H groups in total. The Balaban J connectivity index is 3.38. The van der Waals surface area contributed by atoms with Gasteiger partial charge in [0.1, 0.15) is 6.61 Å². The average molecular weight is 845 g/mol. The molecule has 0 aliphatic heterocycles. The topological polar surface area (TPSA) is 72.8 Å². The zero-order valence-electron chi connectivity index (χ0n) is 40.5. The van der Waals surface area contributed by atoms with Crippen molar-refractivity contribution in [3.05, 3.63) is 24.3 Å². The van der Waals surface area contributed by atoms with Crippen LogP contribution in [0.25, 0.3) is 0 Å².